The first-order valence-electron chi connectivity index (χ1n) is 8.27. The van der Waals surface area contributed by atoms with Crippen LogP contribution < -0.4 is 5.73 Å². The van der Waals surface area contributed by atoms with E-state index in [4.69, 9.17) is 10.5 Å². The summed E-state index contributed by atoms with van der Waals surface area (Å²) in [5.41, 5.74) is 6.61. The standard InChI is InChI=1S/C16H28N4O2.2ClH/c1-14-10-18-20(11-14)13-15-12-19(8-9-22-15)16(21)6-4-2-3-5-7-17;;/h10-11,15H,2-9,12-13,17H2,1H3;2*1H. The molecule has 140 valence electrons. The summed E-state index contributed by atoms with van der Waals surface area (Å²) in [6.45, 7) is 5.45. The molecule has 1 aliphatic rings. The van der Waals surface area contributed by atoms with E-state index in [1.165, 1.54) is 0 Å². The fourth-order valence-electron chi connectivity index (χ4n) is 2.76. The highest BCUT2D eigenvalue weighted by Gasteiger charge is 2.24. The number of carbonyl (C=O) groups is 1. The lowest BCUT2D eigenvalue weighted by Gasteiger charge is -2.33. The summed E-state index contributed by atoms with van der Waals surface area (Å²) in [6.07, 6.45) is 8.73. The third-order valence-corrected chi connectivity index (χ3v) is 3.99. The van der Waals surface area contributed by atoms with E-state index in [0.717, 1.165) is 37.8 Å². The minimum atomic E-state index is 0. The van der Waals surface area contributed by atoms with Gasteiger partial charge in [0.25, 0.3) is 0 Å². The maximum atomic E-state index is 12.3. The fourth-order valence-corrected chi connectivity index (χ4v) is 2.76. The highest BCUT2D eigenvalue weighted by molar-refractivity contribution is 5.85. The second kappa shape index (κ2) is 12.5. The maximum absolute atomic E-state index is 12.3. The summed E-state index contributed by atoms with van der Waals surface area (Å²) in [7, 11) is 0. The summed E-state index contributed by atoms with van der Waals surface area (Å²) in [4.78, 5) is 14.2. The maximum Gasteiger partial charge on any atom is 0.222 e. The van der Waals surface area contributed by atoms with Crippen LogP contribution in [0.3, 0.4) is 0 Å². The van der Waals surface area contributed by atoms with E-state index in [1.807, 2.05) is 28.9 Å². The molecule has 8 heteroatoms. The van der Waals surface area contributed by atoms with Gasteiger partial charge in [-0.05, 0) is 31.9 Å². The van der Waals surface area contributed by atoms with Crippen molar-refractivity contribution in [3.8, 4) is 0 Å². The largest absolute Gasteiger partial charge is 0.373 e. The SMILES string of the molecule is Cc1cnn(CC2CN(C(=O)CCCCCCN)CCO2)c1.Cl.Cl. The normalized spacial score (nSPS) is 17.1. The highest BCUT2D eigenvalue weighted by Crippen LogP contribution is 2.11. The van der Waals surface area contributed by atoms with Crippen molar-refractivity contribution in [2.45, 2.75) is 51.7 Å². The van der Waals surface area contributed by atoms with E-state index in [2.05, 4.69) is 5.10 Å². The first-order chi connectivity index (χ1) is 10.7. The van der Waals surface area contributed by atoms with Crippen molar-refractivity contribution in [3.05, 3.63) is 18.0 Å². The summed E-state index contributed by atoms with van der Waals surface area (Å²) >= 11 is 0. The topological polar surface area (TPSA) is 73.4 Å². The van der Waals surface area contributed by atoms with Gasteiger partial charge in [-0.15, -0.1) is 24.8 Å². The first-order valence-corrected chi connectivity index (χ1v) is 8.27. The average Bonchev–Trinajstić information content (AvgIpc) is 2.92. The molecule has 0 aromatic carbocycles. The lowest BCUT2D eigenvalue weighted by molar-refractivity contribution is -0.139. The number of nitrogens with zero attached hydrogens (tertiary/aromatic N) is 3. The Bertz CT molecular complexity index is 471. The summed E-state index contributed by atoms with van der Waals surface area (Å²) in [6, 6.07) is 0. The van der Waals surface area contributed by atoms with E-state index in [9.17, 15) is 4.79 Å². The molecule has 2 N–H and O–H groups in total. The first kappa shape index (κ1) is 23.2. The molecule has 1 aromatic rings. The third kappa shape index (κ3) is 7.83. The van der Waals surface area contributed by atoms with Crippen LogP contribution in [-0.4, -0.2) is 52.9 Å². The van der Waals surface area contributed by atoms with Crippen molar-refractivity contribution in [1.29, 1.82) is 0 Å². The van der Waals surface area contributed by atoms with Crippen LogP contribution in [-0.2, 0) is 16.1 Å². The number of morpholine rings is 1. The van der Waals surface area contributed by atoms with Crippen LogP contribution >= 0.6 is 24.8 Å². The zero-order valence-electron chi connectivity index (χ0n) is 14.4. The zero-order valence-corrected chi connectivity index (χ0v) is 16.0. The number of nitrogens with two attached hydrogens (primary N) is 1. The summed E-state index contributed by atoms with van der Waals surface area (Å²) in [5, 5.41) is 4.28. The van der Waals surface area contributed by atoms with Crippen molar-refractivity contribution >= 4 is 30.7 Å². The van der Waals surface area contributed by atoms with Crippen LogP contribution in [0.2, 0.25) is 0 Å². The molecule has 0 spiro atoms. The number of amides is 1. The van der Waals surface area contributed by atoms with Crippen LogP contribution in [0.5, 0.6) is 0 Å². The van der Waals surface area contributed by atoms with Crippen molar-refractivity contribution in [1.82, 2.24) is 14.7 Å². The molecule has 1 saturated heterocycles. The molecular weight excluding hydrogens is 351 g/mol. The van der Waals surface area contributed by atoms with Gasteiger partial charge in [0.1, 0.15) is 0 Å². The molecule has 2 rings (SSSR count). The van der Waals surface area contributed by atoms with Crippen molar-refractivity contribution in [2.75, 3.05) is 26.2 Å². The Labute approximate surface area is 156 Å². The lowest BCUT2D eigenvalue weighted by Crippen LogP contribution is -2.47. The Morgan fingerprint density at radius 3 is 2.75 bits per heavy atom. The molecule has 0 radical (unpaired) electrons. The zero-order chi connectivity index (χ0) is 15.8. The number of halogens is 2. The molecule has 0 saturated carbocycles. The Morgan fingerprint density at radius 2 is 2.08 bits per heavy atom. The van der Waals surface area contributed by atoms with Crippen molar-refractivity contribution in [3.63, 3.8) is 0 Å². The van der Waals surface area contributed by atoms with E-state index >= 15 is 0 Å². The van der Waals surface area contributed by atoms with Gasteiger partial charge in [0.05, 0.1) is 25.5 Å². The number of rotatable bonds is 8. The van der Waals surface area contributed by atoms with Crippen LogP contribution in [0.25, 0.3) is 0 Å². The summed E-state index contributed by atoms with van der Waals surface area (Å²) < 4.78 is 7.65. The smallest absolute Gasteiger partial charge is 0.222 e. The van der Waals surface area contributed by atoms with Gasteiger partial charge >= 0.3 is 0 Å². The minimum Gasteiger partial charge on any atom is -0.373 e. The molecule has 1 fully saturated rings. The predicted molar refractivity (Wildman–Crippen MR) is 99.9 cm³/mol. The molecule has 1 unspecified atom stereocenters. The Hall–Kier alpha value is -0.820. The number of hydrogen-bond donors (Lipinski definition) is 1. The van der Waals surface area contributed by atoms with Crippen molar-refractivity contribution < 1.29 is 9.53 Å². The number of unbranched alkanes of at least 4 members (excludes halogenated alkanes) is 3. The van der Waals surface area contributed by atoms with Gasteiger partial charge in [0.2, 0.25) is 5.91 Å². The van der Waals surface area contributed by atoms with Crippen LogP contribution in [0.1, 0.15) is 37.7 Å². The van der Waals surface area contributed by atoms with Gasteiger partial charge in [0, 0.05) is 25.7 Å². The van der Waals surface area contributed by atoms with Gasteiger partial charge in [-0.25, -0.2) is 0 Å². The predicted octanol–water partition coefficient (Wildman–Crippen LogP) is 2.17. The Balaban J connectivity index is 0.00000264. The molecule has 1 amide bonds. The van der Waals surface area contributed by atoms with Gasteiger partial charge in [-0.3, -0.25) is 9.48 Å². The van der Waals surface area contributed by atoms with Crippen LogP contribution in [0.15, 0.2) is 12.4 Å². The number of hydrogen-bond acceptors (Lipinski definition) is 4. The fraction of sp³-hybridized carbons (Fsp3) is 0.750. The van der Waals surface area contributed by atoms with Crippen LogP contribution in [0.4, 0.5) is 0 Å². The quantitative estimate of drug-likeness (QED) is 0.701. The molecule has 1 aliphatic heterocycles. The average molecular weight is 381 g/mol. The molecule has 6 nitrogen and oxygen atoms in total. The second-order valence-electron chi connectivity index (χ2n) is 6.03. The highest BCUT2D eigenvalue weighted by atomic mass is 35.5. The molecule has 0 aliphatic carbocycles. The molecule has 2 heterocycles. The Morgan fingerprint density at radius 1 is 1.33 bits per heavy atom. The van der Waals surface area contributed by atoms with Crippen molar-refractivity contribution in [2.24, 2.45) is 5.73 Å². The number of aromatic nitrogens is 2. The molecule has 0 bridgehead atoms. The number of aryl methyl sites for hydroxylation is 1. The van der Waals surface area contributed by atoms with E-state index in [-0.39, 0.29) is 36.8 Å². The monoisotopic (exact) mass is 380 g/mol. The molecular formula is C16H30Cl2N4O2. The molecule has 1 atom stereocenters. The van der Waals surface area contributed by atoms with Gasteiger partial charge in [-0.1, -0.05) is 12.8 Å². The van der Waals surface area contributed by atoms with Gasteiger partial charge < -0.3 is 15.4 Å². The van der Waals surface area contributed by atoms with E-state index in [1.54, 1.807) is 0 Å². The number of carbonyl (C=O) groups excluding carboxylic acids is 1. The molecule has 1 aromatic heterocycles. The molecule has 24 heavy (non-hydrogen) atoms. The Kier molecular flexibility index (Phi) is 12.1. The van der Waals surface area contributed by atoms with E-state index in [0.29, 0.717) is 32.7 Å². The lowest BCUT2D eigenvalue weighted by atomic mass is 10.1. The second-order valence-corrected chi connectivity index (χ2v) is 6.03. The summed E-state index contributed by atoms with van der Waals surface area (Å²) in [5.74, 6) is 0.248. The van der Waals surface area contributed by atoms with Gasteiger partial charge in [0.15, 0.2) is 0 Å². The van der Waals surface area contributed by atoms with Gasteiger partial charge in [-0.2, -0.15) is 5.10 Å². The number of ether oxygens (including phenoxy) is 1. The minimum absolute atomic E-state index is 0. The third-order valence-electron chi connectivity index (χ3n) is 3.99. The van der Waals surface area contributed by atoms with Crippen LogP contribution in [0, 0.1) is 6.92 Å². The van der Waals surface area contributed by atoms with E-state index < -0.39 is 0 Å².